The molecule has 1 fully saturated rings. The molecular weight excluding hydrogens is 246 g/mol. The van der Waals surface area contributed by atoms with Crippen LogP contribution in [0.1, 0.15) is 55.1 Å². The molecule has 6 nitrogen and oxygen atoms in total. The summed E-state index contributed by atoms with van der Waals surface area (Å²) in [5, 5.41) is 15.8. The summed E-state index contributed by atoms with van der Waals surface area (Å²) in [4.78, 5) is 22.8. The molecule has 0 aromatic carbocycles. The van der Waals surface area contributed by atoms with Crippen molar-refractivity contribution >= 4 is 11.9 Å². The third-order valence-electron chi connectivity index (χ3n) is 3.18. The molecule has 19 heavy (non-hydrogen) atoms. The first-order valence-electron chi connectivity index (χ1n) is 6.61. The van der Waals surface area contributed by atoms with Crippen LogP contribution in [-0.2, 0) is 11.3 Å². The van der Waals surface area contributed by atoms with E-state index in [9.17, 15) is 9.59 Å². The summed E-state index contributed by atoms with van der Waals surface area (Å²) in [6.07, 6.45) is 3.82. The summed E-state index contributed by atoms with van der Waals surface area (Å²) < 4.78 is 1.75. The van der Waals surface area contributed by atoms with Crippen molar-refractivity contribution < 1.29 is 14.7 Å². The van der Waals surface area contributed by atoms with E-state index in [1.807, 2.05) is 6.92 Å². The molecule has 0 saturated heterocycles. The first kappa shape index (κ1) is 13.6. The fraction of sp³-hybridized carbons (Fsp3) is 0.615. The normalized spacial score (nSPS) is 16.1. The lowest BCUT2D eigenvalue weighted by atomic mass is 10.1. The molecule has 1 aromatic heterocycles. The smallest absolute Gasteiger partial charge is 0.305 e. The maximum absolute atomic E-state index is 12.2. The lowest BCUT2D eigenvalue weighted by molar-refractivity contribution is -0.137. The van der Waals surface area contributed by atoms with Crippen molar-refractivity contribution in [1.29, 1.82) is 0 Å². The molecule has 1 heterocycles. The van der Waals surface area contributed by atoms with E-state index < -0.39 is 5.97 Å². The van der Waals surface area contributed by atoms with Crippen LogP contribution in [0, 0.1) is 0 Å². The lowest BCUT2D eigenvalue weighted by Crippen LogP contribution is -2.34. The zero-order valence-corrected chi connectivity index (χ0v) is 11.2. The minimum atomic E-state index is -0.917. The van der Waals surface area contributed by atoms with Crippen molar-refractivity contribution in [3.05, 3.63) is 17.5 Å². The summed E-state index contributed by atoms with van der Waals surface area (Å²) in [6.45, 7) is 4.38. The Kier molecular flexibility index (Phi) is 3.87. The predicted molar refractivity (Wildman–Crippen MR) is 69.1 cm³/mol. The molecule has 2 rings (SSSR count). The highest BCUT2D eigenvalue weighted by Crippen LogP contribution is 2.40. The van der Waals surface area contributed by atoms with E-state index in [0.717, 1.165) is 25.1 Å². The lowest BCUT2D eigenvalue weighted by Gasteiger charge is -2.11. The number of carboxylic acids is 1. The number of carbonyl (C=O) groups is 2. The van der Waals surface area contributed by atoms with Crippen LogP contribution in [0.3, 0.4) is 0 Å². The Morgan fingerprint density at radius 2 is 2.26 bits per heavy atom. The third-order valence-corrected chi connectivity index (χ3v) is 3.18. The summed E-state index contributed by atoms with van der Waals surface area (Å²) in [7, 11) is 0. The highest BCUT2D eigenvalue weighted by atomic mass is 16.4. The average Bonchev–Trinajstić information content (AvgIpc) is 3.07. The highest BCUT2D eigenvalue weighted by molar-refractivity contribution is 5.95. The molecule has 1 aliphatic rings. The van der Waals surface area contributed by atoms with Crippen molar-refractivity contribution in [2.24, 2.45) is 0 Å². The van der Waals surface area contributed by atoms with Gasteiger partial charge in [0.2, 0.25) is 0 Å². The molecule has 0 aliphatic heterocycles. The fourth-order valence-corrected chi connectivity index (χ4v) is 2.05. The average molecular weight is 265 g/mol. The van der Waals surface area contributed by atoms with Gasteiger partial charge in [-0.05, 0) is 26.7 Å². The van der Waals surface area contributed by atoms with Gasteiger partial charge in [-0.2, -0.15) is 5.10 Å². The predicted octanol–water partition coefficient (Wildman–Crippen LogP) is 1.37. The Morgan fingerprint density at radius 3 is 2.79 bits per heavy atom. The van der Waals surface area contributed by atoms with Gasteiger partial charge in [0.25, 0.3) is 5.91 Å². The molecule has 6 heteroatoms. The van der Waals surface area contributed by atoms with E-state index in [0.29, 0.717) is 11.5 Å². The molecule has 1 atom stereocenters. The fourth-order valence-electron chi connectivity index (χ4n) is 2.05. The van der Waals surface area contributed by atoms with E-state index in [-0.39, 0.29) is 18.4 Å². The molecule has 1 unspecified atom stereocenters. The van der Waals surface area contributed by atoms with Gasteiger partial charge >= 0.3 is 5.97 Å². The largest absolute Gasteiger partial charge is 0.481 e. The van der Waals surface area contributed by atoms with Gasteiger partial charge in [-0.1, -0.05) is 0 Å². The molecule has 1 saturated carbocycles. The number of hydrogen-bond acceptors (Lipinski definition) is 3. The molecular formula is C13H19N3O3. The second kappa shape index (κ2) is 5.42. The quantitative estimate of drug-likeness (QED) is 0.813. The summed E-state index contributed by atoms with van der Waals surface area (Å²) in [6, 6.07) is -0.387. The maximum Gasteiger partial charge on any atom is 0.305 e. The van der Waals surface area contributed by atoms with E-state index in [2.05, 4.69) is 10.4 Å². The molecule has 2 N–H and O–H groups in total. The molecule has 0 spiro atoms. The first-order valence-corrected chi connectivity index (χ1v) is 6.61. The molecule has 1 amide bonds. The number of carboxylic acid groups (broad SMARTS) is 1. The van der Waals surface area contributed by atoms with Crippen molar-refractivity contribution in [2.75, 3.05) is 0 Å². The van der Waals surface area contributed by atoms with Gasteiger partial charge in [-0.25, -0.2) is 0 Å². The number of amides is 1. The van der Waals surface area contributed by atoms with Crippen LogP contribution >= 0.6 is 0 Å². The van der Waals surface area contributed by atoms with Crippen LogP contribution in [0.15, 0.2) is 6.20 Å². The second-order valence-corrected chi connectivity index (χ2v) is 5.03. The van der Waals surface area contributed by atoms with Gasteiger partial charge < -0.3 is 10.4 Å². The van der Waals surface area contributed by atoms with Gasteiger partial charge in [0.1, 0.15) is 0 Å². The van der Waals surface area contributed by atoms with Crippen molar-refractivity contribution in [1.82, 2.24) is 15.1 Å². The number of aromatic nitrogens is 2. The minimum absolute atomic E-state index is 0.0770. The SMILES string of the molecule is CCn1cc(C(=O)NC(C)CC(=O)O)c(C2CC2)n1. The van der Waals surface area contributed by atoms with Crippen LogP contribution in [0.2, 0.25) is 0 Å². The van der Waals surface area contributed by atoms with Crippen LogP contribution in [0.5, 0.6) is 0 Å². The molecule has 1 aliphatic carbocycles. The number of aliphatic carboxylic acids is 1. The van der Waals surface area contributed by atoms with E-state index in [4.69, 9.17) is 5.11 Å². The highest BCUT2D eigenvalue weighted by Gasteiger charge is 2.31. The van der Waals surface area contributed by atoms with Gasteiger partial charge in [0, 0.05) is 24.7 Å². The van der Waals surface area contributed by atoms with Crippen LogP contribution in [0.4, 0.5) is 0 Å². The van der Waals surface area contributed by atoms with Crippen molar-refractivity contribution in [2.45, 2.75) is 51.6 Å². The number of nitrogens with zero attached hydrogens (tertiary/aromatic N) is 2. The summed E-state index contributed by atoms with van der Waals surface area (Å²) >= 11 is 0. The van der Waals surface area contributed by atoms with E-state index >= 15 is 0 Å². The molecule has 0 radical (unpaired) electrons. The van der Waals surface area contributed by atoms with Gasteiger partial charge in [0.05, 0.1) is 17.7 Å². The Morgan fingerprint density at radius 1 is 1.58 bits per heavy atom. The Labute approximate surface area is 111 Å². The summed E-state index contributed by atoms with van der Waals surface area (Å²) in [5.74, 6) is -0.752. The van der Waals surface area contributed by atoms with Gasteiger partial charge in [0.15, 0.2) is 0 Å². The number of nitrogens with one attached hydrogen (secondary N) is 1. The molecule has 0 bridgehead atoms. The van der Waals surface area contributed by atoms with Crippen LogP contribution < -0.4 is 5.32 Å². The zero-order chi connectivity index (χ0) is 14.0. The van der Waals surface area contributed by atoms with Crippen LogP contribution in [-0.4, -0.2) is 32.8 Å². The third kappa shape index (κ3) is 3.33. The molecule has 104 valence electrons. The zero-order valence-electron chi connectivity index (χ0n) is 11.2. The van der Waals surface area contributed by atoms with Crippen LogP contribution in [0.25, 0.3) is 0 Å². The minimum Gasteiger partial charge on any atom is -0.481 e. The second-order valence-electron chi connectivity index (χ2n) is 5.03. The first-order chi connectivity index (χ1) is 9.01. The topological polar surface area (TPSA) is 84.2 Å². The number of aryl methyl sites for hydroxylation is 1. The summed E-state index contributed by atoms with van der Waals surface area (Å²) in [5.41, 5.74) is 1.43. The number of carbonyl (C=O) groups excluding carboxylic acids is 1. The Bertz CT molecular complexity index is 491. The molecule has 1 aromatic rings. The van der Waals surface area contributed by atoms with Gasteiger partial charge in [-0.15, -0.1) is 0 Å². The van der Waals surface area contributed by atoms with Crippen molar-refractivity contribution in [3.8, 4) is 0 Å². The maximum atomic E-state index is 12.2. The van der Waals surface area contributed by atoms with Gasteiger partial charge in [-0.3, -0.25) is 14.3 Å². The van der Waals surface area contributed by atoms with E-state index in [1.165, 1.54) is 0 Å². The standard InChI is InChI=1S/C13H19N3O3/c1-3-16-7-10(12(15-16)9-4-5-9)13(19)14-8(2)6-11(17)18/h7-9H,3-6H2,1-2H3,(H,14,19)(H,17,18). The monoisotopic (exact) mass is 265 g/mol. The van der Waals surface area contributed by atoms with Crippen molar-refractivity contribution in [3.63, 3.8) is 0 Å². The Hall–Kier alpha value is -1.85. The number of hydrogen-bond donors (Lipinski definition) is 2. The Balaban J connectivity index is 2.09. The van der Waals surface area contributed by atoms with E-state index in [1.54, 1.807) is 17.8 Å². The number of rotatable bonds is 6.